The van der Waals surface area contributed by atoms with Crippen molar-refractivity contribution in [1.82, 2.24) is 5.32 Å². The third-order valence-electron chi connectivity index (χ3n) is 15.5. The van der Waals surface area contributed by atoms with Crippen LogP contribution in [0.1, 0.15) is 309 Å². The van der Waals surface area contributed by atoms with E-state index in [1.165, 1.54) is 225 Å². The number of hydrogen-bond acceptors (Lipinski definition) is 10. The maximum absolute atomic E-state index is 13.0. The summed E-state index contributed by atoms with van der Waals surface area (Å²) in [6.45, 7) is 4.31. The van der Waals surface area contributed by atoms with E-state index < -0.39 is 49.5 Å². The Morgan fingerprint density at radius 3 is 1.29 bits per heavy atom. The third-order valence-corrected chi connectivity index (χ3v) is 15.5. The van der Waals surface area contributed by atoms with Gasteiger partial charge in [-0.1, -0.05) is 256 Å². The van der Waals surface area contributed by atoms with E-state index in [4.69, 9.17) is 14.2 Å². The molecule has 1 amide bonds. The van der Waals surface area contributed by atoms with Gasteiger partial charge in [-0.15, -0.1) is 0 Å². The van der Waals surface area contributed by atoms with Crippen LogP contribution in [0.15, 0.2) is 36.5 Å². The Labute approximate surface area is 473 Å². The van der Waals surface area contributed by atoms with Crippen molar-refractivity contribution in [3.8, 4) is 0 Å². The largest absolute Gasteiger partial charge is 0.466 e. The zero-order valence-corrected chi connectivity index (χ0v) is 49.9. The molecule has 6 N–H and O–H groups in total. The van der Waals surface area contributed by atoms with Gasteiger partial charge >= 0.3 is 5.97 Å². The van der Waals surface area contributed by atoms with E-state index in [9.17, 15) is 35.1 Å². The number of rotatable bonds is 57. The van der Waals surface area contributed by atoms with Gasteiger partial charge in [0.1, 0.15) is 24.4 Å². The minimum Gasteiger partial charge on any atom is -0.466 e. The monoisotopic (exact) mass is 1090 g/mol. The van der Waals surface area contributed by atoms with Crippen molar-refractivity contribution in [3.05, 3.63) is 36.5 Å². The van der Waals surface area contributed by atoms with Gasteiger partial charge in [-0.3, -0.25) is 9.59 Å². The normalized spacial score (nSPS) is 18.8. The smallest absolute Gasteiger partial charge is 0.305 e. The number of hydrogen-bond donors (Lipinski definition) is 6. The van der Waals surface area contributed by atoms with Crippen molar-refractivity contribution < 1.29 is 49.3 Å². The SMILES string of the molecule is CCCC/C=C\CCCCCCCC(=O)OCCCCCCCCCCCCCC/C=C\CCCCCCCCCCCCC(=O)NC(COC1OC(CO)C(O)C(O)C1O)C(O)/C=C/CCCCCCCCCCCC. The molecule has 7 atom stereocenters. The number of allylic oxidation sites excluding steroid dienone is 5. The molecular formula is C66H123NO10. The van der Waals surface area contributed by atoms with Crippen LogP contribution < -0.4 is 5.32 Å². The van der Waals surface area contributed by atoms with E-state index in [0.717, 1.165) is 57.8 Å². The minimum atomic E-state index is -1.57. The minimum absolute atomic E-state index is 0.00689. The van der Waals surface area contributed by atoms with Crippen LogP contribution in [0.5, 0.6) is 0 Å². The summed E-state index contributed by atoms with van der Waals surface area (Å²) in [4.78, 5) is 25.1. The average Bonchev–Trinajstić information content (AvgIpc) is 3.43. The van der Waals surface area contributed by atoms with Gasteiger partial charge in [-0.05, 0) is 77.0 Å². The molecular weight excluding hydrogens is 967 g/mol. The lowest BCUT2D eigenvalue weighted by atomic mass is 9.99. The summed E-state index contributed by atoms with van der Waals surface area (Å²) in [5.74, 6) is -0.190. The van der Waals surface area contributed by atoms with Crippen molar-refractivity contribution in [2.24, 2.45) is 0 Å². The maximum atomic E-state index is 13.0. The number of amides is 1. The molecule has 0 saturated carbocycles. The Morgan fingerprint density at radius 2 is 0.844 bits per heavy atom. The van der Waals surface area contributed by atoms with Crippen molar-refractivity contribution in [2.75, 3.05) is 19.8 Å². The Bertz CT molecular complexity index is 1370. The van der Waals surface area contributed by atoms with Crippen molar-refractivity contribution >= 4 is 11.9 Å². The molecule has 0 spiro atoms. The average molecular weight is 1090 g/mol. The van der Waals surface area contributed by atoms with Gasteiger partial charge in [0, 0.05) is 12.8 Å². The van der Waals surface area contributed by atoms with E-state index >= 15 is 0 Å². The maximum Gasteiger partial charge on any atom is 0.305 e. The van der Waals surface area contributed by atoms with Crippen LogP contribution >= 0.6 is 0 Å². The van der Waals surface area contributed by atoms with Crippen LogP contribution in [0.3, 0.4) is 0 Å². The Balaban J connectivity index is 2.01. The number of esters is 1. The van der Waals surface area contributed by atoms with Crippen LogP contribution in [0.4, 0.5) is 0 Å². The molecule has 1 saturated heterocycles. The van der Waals surface area contributed by atoms with Crippen LogP contribution in [0.25, 0.3) is 0 Å². The van der Waals surface area contributed by atoms with Crippen molar-refractivity contribution in [3.63, 3.8) is 0 Å². The Kier molecular flexibility index (Phi) is 52.8. The standard InChI is InChI=1S/C66H123NO10/c1-3-5-7-9-11-13-15-33-36-40-44-48-52-59(69)58(57-76-66-65(74)64(73)63(72)60(56-68)77-66)67-61(70)53-49-45-41-37-34-30-28-26-24-22-20-18-16-17-19-21-23-25-27-29-31-35-39-43-47-51-55-75-62(71)54-50-46-42-38-32-14-12-10-8-6-4-2/h10,12,16,18,48,52,58-60,63-66,68-69,72-74H,3-9,11,13-15,17,19-47,49-51,53-57H2,1-2H3,(H,67,70)/b12-10-,18-16-,52-48+. The predicted molar refractivity (Wildman–Crippen MR) is 320 cm³/mol. The summed E-state index contributed by atoms with van der Waals surface area (Å²) < 4.78 is 16.7. The molecule has 1 heterocycles. The van der Waals surface area contributed by atoms with Crippen LogP contribution in [-0.4, -0.2) is 100 Å². The lowest BCUT2D eigenvalue weighted by molar-refractivity contribution is -0.302. The molecule has 0 aromatic heterocycles. The molecule has 1 aliphatic rings. The molecule has 1 aliphatic heterocycles. The summed E-state index contributed by atoms with van der Waals surface area (Å²) in [7, 11) is 0. The van der Waals surface area contributed by atoms with Gasteiger partial charge in [0.25, 0.3) is 0 Å². The molecule has 0 radical (unpaired) electrons. The fourth-order valence-corrected chi connectivity index (χ4v) is 10.2. The molecule has 77 heavy (non-hydrogen) atoms. The number of carbonyl (C=O) groups is 2. The van der Waals surface area contributed by atoms with Crippen LogP contribution in [0.2, 0.25) is 0 Å². The van der Waals surface area contributed by atoms with Crippen molar-refractivity contribution in [2.45, 2.75) is 352 Å². The number of nitrogens with one attached hydrogen (secondary N) is 1. The van der Waals surface area contributed by atoms with E-state index in [-0.39, 0.29) is 18.5 Å². The Hall–Kier alpha value is -2.12. The highest BCUT2D eigenvalue weighted by molar-refractivity contribution is 5.76. The van der Waals surface area contributed by atoms with E-state index in [0.29, 0.717) is 19.4 Å². The summed E-state index contributed by atoms with van der Waals surface area (Å²) in [5.41, 5.74) is 0. The second-order valence-electron chi connectivity index (χ2n) is 22.8. The number of aliphatic hydroxyl groups excluding tert-OH is 5. The van der Waals surface area contributed by atoms with Gasteiger partial charge in [0.15, 0.2) is 6.29 Å². The first-order valence-electron chi connectivity index (χ1n) is 32.8. The molecule has 0 aromatic carbocycles. The summed E-state index contributed by atoms with van der Waals surface area (Å²) in [5, 5.41) is 54.4. The molecule has 11 nitrogen and oxygen atoms in total. The Morgan fingerprint density at radius 1 is 0.468 bits per heavy atom. The molecule has 0 bridgehead atoms. The van der Waals surface area contributed by atoms with E-state index in [2.05, 4.69) is 43.5 Å². The summed E-state index contributed by atoms with van der Waals surface area (Å²) in [6, 6.07) is -0.811. The highest BCUT2D eigenvalue weighted by Crippen LogP contribution is 2.23. The summed E-state index contributed by atoms with van der Waals surface area (Å²) in [6.07, 6.45) is 59.7. The highest BCUT2D eigenvalue weighted by Gasteiger charge is 2.44. The summed E-state index contributed by atoms with van der Waals surface area (Å²) >= 11 is 0. The fourth-order valence-electron chi connectivity index (χ4n) is 10.2. The van der Waals surface area contributed by atoms with Crippen LogP contribution in [-0.2, 0) is 23.8 Å². The second-order valence-corrected chi connectivity index (χ2v) is 22.8. The van der Waals surface area contributed by atoms with Gasteiger partial charge < -0.3 is 45.1 Å². The number of carbonyl (C=O) groups excluding carboxylic acids is 2. The highest BCUT2D eigenvalue weighted by atomic mass is 16.7. The van der Waals surface area contributed by atoms with Gasteiger partial charge in [0.2, 0.25) is 5.91 Å². The lowest BCUT2D eigenvalue weighted by Gasteiger charge is -2.40. The zero-order valence-electron chi connectivity index (χ0n) is 49.9. The van der Waals surface area contributed by atoms with E-state index in [1.54, 1.807) is 6.08 Å². The first kappa shape index (κ1) is 72.9. The molecule has 1 fully saturated rings. The quantitative estimate of drug-likeness (QED) is 0.0195. The topological polar surface area (TPSA) is 175 Å². The molecule has 11 heteroatoms. The third kappa shape index (κ3) is 45.2. The lowest BCUT2D eigenvalue weighted by Crippen LogP contribution is -2.60. The van der Waals surface area contributed by atoms with Crippen LogP contribution in [0, 0.1) is 0 Å². The van der Waals surface area contributed by atoms with Crippen molar-refractivity contribution in [1.29, 1.82) is 0 Å². The fraction of sp³-hybridized carbons (Fsp3) is 0.879. The first-order chi connectivity index (χ1) is 37.7. The molecule has 0 aliphatic carbocycles. The number of aliphatic hydroxyl groups is 5. The number of unbranched alkanes of at least 4 members (excludes halogenated alkanes) is 39. The first-order valence-corrected chi connectivity index (χ1v) is 32.8. The molecule has 1 rings (SSSR count). The zero-order chi connectivity index (χ0) is 55.9. The van der Waals surface area contributed by atoms with Gasteiger partial charge in [-0.2, -0.15) is 0 Å². The van der Waals surface area contributed by atoms with Gasteiger partial charge in [-0.25, -0.2) is 0 Å². The second kappa shape index (κ2) is 55.8. The van der Waals surface area contributed by atoms with Gasteiger partial charge in [0.05, 0.1) is 32.0 Å². The predicted octanol–water partition coefficient (Wildman–Crippen LogP) is 15.8. The molecule has 0 aromatic rings. The van der Waals surface area contributed by atoms with E-state index in [1.807, 2.05) is 6.08 Å². The number of ether oxygens (including phenoxy) is 3. The molecule has 452 valence electrons. The molecule has 7 unspecified atom stereocenters.